The second kappa shape index (κ2) is 6.86. The van der Waals surface area contributed by atoms with E-state index in [0.717, 1.165) is 0 Å². The van der Waals surface area contributed by atoms with Crippen LogP contribution in [0.25, 0.3) is 0 Å². The van der Waals surface area contributed by atoms with E-state index in [4.69, 9.17) is 16.3 Å². The summed E-state index contributed by atoms with van der Waals surface area (Å²) in [6.07, 6.45) is 0. The molecule has 1 aromatic rings. The highest BCUT2D eigenvalue weighted by Crippen LogP contribution is 2.15. The van der Waals surface area contributed by atoms with Crippen molar-refractivity contribution >= 4 is 23.4 Å². The summed E-state index contributed by atoms with van der Waals surface area (Å²) in [6.45, 7) is -0.168. The van der Waals surface area contributed by atoms with Crippen LogP contribution in [0.2, 0.25) is 5.02 Å². The van der Waals surface area contributed by atoms with Gasteiger partial charge in [0.1, 0.15) is 5.75 Å². The van der Waals surface area contributed by atoms with Crippen molar-refractivity contribution in [3.05, 3.63) is 29.3 Å². The minimum absolute atomic E-state index is 0.0319. The molecule has 2 amide bonds. The second-order valence-electron chi connectivity index (χ2n) is 3.81. The van der Waals surface area contributed by atoms with Gasteiger partial charge in [0.25, 0.3) is 5.91 Å². The van der Waals surface area contributed by atoms with Gasteiger partial charge in [-0.25, -0.2) is 0 Å². The van der Waals surface area contributed by atoms with E-state index >= 15 is 0 Å². The molecule has 6 heteroatoms. The summed E-state index contributed by atoms with van der Waals surface area (Å²) in [5, 5.41) is 3.06. The maximum atomic E-state index is 11.4. The van der Waals surface area contributed by atoms with Gasteiger partial charge >= 0.3 is 0 Å². The van der Waals surface area contributed by atoms with E-state index in [9.17, 15) is 9.59 Å². The number of ether oxygens (including phenoxy) is 1. The first-order valence-electron chi connectivity index (χ1n) is 5.34. The molecule has 0 fully saturated rings. The highest BCUT2D eigenvalue weighted by molar-refractivity contribution is 6.30. The first-order valence-corrected chi connectivity index (χ1v) is 5.72. The molecule has 0 aliphatic carbocycles. The zero-order valence-corrected chi connectivity index (χ0v) is 11.0. The van der Waals surface area contributed by atoms with Gasteiger partial charge in [-0.15, -0.1) is 0 Å². The summed E-state index contributed by atoms with van der Waals surface area (Å²) in [6, 6.07) is 6.68. The lowest BCUT2D eigenvalue weighted by atomic mass is 10.3. The third-order valence-electron chi connectivity index (χ3n) is 2.12. The Morgan fingerprint density at radius 1 is 1.28 bits per heavy atom. The van der Waals surface area contributed by atoms with E-state index in [1.165, 1.54) is 4.90 Å². The molecule has 1 rings (SSSR count). The maximum absolute atomic E-state index is 11.4. The lowest BCUT2D eigenvalue weighted by Crippen LogP contribution is -2.38. The van der Waals surface area contributed by atoms with Crippen molar-refractivity contribution in [2.75, 3.05) is 27.2 Å². The number of carbonyl (C=O) groups excluding carboxylic acids is 2. The number of hydrogen-bond acceptors (Lipinski definition) is 3. The Hall–Kier alpha value is -1.75. The van der Waals surface area contributed by atoms with E-state index in [1.54, 1.807) is 38.4 Å². The van der Waals surface area contributed by atoms with E-state index in [0.29, 0.717) is 10.8 Å². The second-order valence-corrected chi connectivity index (χ2v) is 4.24. The summed E-state index contributed by atoms with van der Waals surface area (Å²) in [5.41, 5.74) is 0. The van der Waals surface area contributed by atoms with Crippen molar-refractivity contribution in [2.45, 2.75) is 0 Å². The van der Waals surface area contributed by atoms with E-state index in [-0.39, 0.29) is 25.0 Å². The molecule has 0 aromatic heterocycles. The van der Waals surface area contributed by atoms with Gasteiger partial charge in [-0.1, -0.05) is 11.6 Å². The van der Waals surface area contributed by atoms with Gasteiger partial charge in [-0.3, -0.25) is 9.59 Å². The number of likely N-dealkylation sites (N-methyl/N-ethyl adjacent to an activating group) is 1. The number of benzene rings is 1. The quantitative estimate of drug-likeness (QED) is 0.866. The van der Waals surface area contributed by atoms with Crippen molar-refractivity contribution in [1.29, 1.82) is 0 Å². The standard InChI is InChI=1S/C12H15ClN2O3/c1-15(2)12(17)7-14-11(16)8-18-10-5-3-9(13)4-6-10/h3-6H,7-8H2,1-2H3,(H,14,16). The number of rotatable bonds is 5. The number of nitrogens with one attached hydrogen (secondary N) is 1. The number of hydrogen-bond donors (Lipinski definition) is 1. The van der Waals surface area contributed by atoms with Crippen LogP contribution in [0.5, 0.6) is 5.75 Å². The van der Waals surface area contributed by atoms with Crippen LogP contribution in [0, 0.1) is 0 Å². The summed E-state index contributed by atoms with van der Waals surface area (Å²) in [5.74, 6) is 0.0310. The van der Waals surface area contributed by atoms with Crippen molar-refractivity contribution in [2.24, 2.45) is 0 Å². The smallest absolute Gasteiger partial charge is 0.258 e. The summed E-state index contributed by atoms with van der Waals surface area (Å²) < 4.78 is 5.22. The fourth-order valence-electron chi connectivity index (χ4n) is 1.06. The molecule has 0 aliphatic heterocycles. The van der Waals surface area contributed by atoms with Crippen molar-refractivity contribution in [1.82, 2.24) is 10.2 Å². The molecule has 0 heterocycles. The number of halogens is 1. The molecule has 0 saturated heterocycles. The van der Waals surface area contributed by atoms with Gasteiger partial charge in [-0.05, 0) is 24.3 Å². The Balaban J connectivity index is 2.29. The van der Waals surface area contributed by atoms with Gasteiger partial charge in [-0.2, -0.15) is 0 Å². The van der Waals surface area contributed by atoms with Crippen LogP contribution in [-0.2, 0) is 9.59 Å². The molecule has 98 valence electrons. The van der Waals surface area contributed by atoms with E-state index in [1.807, 2.05) is 0 Å². The molecule has 0 unspecified atom stereocenters. The predicted octanol–water partition coefficient (Wildman–Crippen LogP) is 0.923. The highest BCUT2D eigenvalue weighted by Gasteiger charge is 2.07. The highest BCUT2D eigenvalue weighted by atomic mass is 35.5. The van der Waals surface area contributed by atoms with Crippen LogP contribution >= 0.6 is 11.6 Å². The van der Waals surface area contributed by atoms with E-state index in [2.05, 4.69) is 5.32 Å². The van der Waals surface area contributed by atoms with Gasteiger partial charge in [0, 0.05) is 19.1 Å². The minimum Gasteiger partial charge on any atom is -0.484 e. The molecule has 0 bridgehead atoms. The van der Waals surface area contributed by atoms with E-state index < -0.39 is 0 Å². The van der Waals surface area contributed by atoms with Gasteiger partial charge in [0.2, 0.25) is 5.91 Å². The molecule has 0 atom stereocenters. The lowest BCUT2D eigenvalue weighted by Gasteiger charge is -2.11. The predicted molar refractivity (Wildman–Crippen MR) is 68.7 cm³/mol. The summed E-state index contributed by atoms with van der Waals surface area (Å²) >= 11 is 5.71. The van der Waals surface area contributed by atoms with Crippen LogP contribution < -0.4 is 10.1 Å². The first kappa shape index (κ1) is 14.3. The maximum Gasteiger partial charge on any atom is 0.258 e. The summed E-state index contributed by atoms with van der Waals surface area (Å²) in [7, 11) is 3.25. The SMILES string of the molecule is CN(C)C(=O)CNC(=O)COc1ccc(Cl)cc1. The average Bonchev–Trinajstić information content (AvgIpc) is 2.35. The normalized spacial score (nSPS) is 9.72. The Morgan fingerprint density at radius 2 is 1.89 bits per heavy atom. The lowest BCUT2D eigenvalue weighted by molar-refractivity contribution is -0.131. The third kappa shape index (κ3) is 5.05. The van der Waals surface area contributed by atoms with Gasteiger partial charge in [0.15, 0.2) is 6.61 Å². The molecule has 0 spiro atoms. The minimum atomic E-state index is -0.347. The third-order valence-corrected chi connectivity index (χ3v) is 2.37. The van der Waals surface area contributed by atoms with Gasteiger partial charge in [0.05, 0.1) is 6.54 Å². The molecule has 1 N–H and O–H groups in total. The zero-order chi connectivity index (χ0) is 13.5. The molecular formula is C12H15ClN2O3. The average molecular weight is 271 g/mol. The summed E-state index contributed by atoms with van der Waals surface area (Å²) in [4.78, 5) is 24.0. The first-order chi connectivity index (χ1) is 8.49. The molecule has 0 radical (unpaired) electrons. The number of amides is 2. The molecule has 1 aromatic carbocycles. The monoisotopic (exact) mass is 270 g/mol. The van der Waals surface area contributed by atoms with Crippen molar-refractivity contribution < 1.29 is 14.3 Å². The van der Waals surface area contributed by atoms with Crippen LogP contribution in [0.1, 0.15) is 0 Å². The molecular weight excluding hydrogens is 256 g/mol. The van der Waals surface area contributed by atoms with Crippen LogP contribution in [-0.4, -0.2) is 44.0 Å². The molecule has 5 nitrogen and oxygen atoms in total. The van der Waals surface area contributed by atoms with Crippen LogP contribution in [0.15, 0.2) is 24.3 Å². The van der Waals surface area contributed by atoms with Crippen molar-refractivity contribution in [3.8, 4) is 5.75 Å². The Kier molecular flexibility index (Phi) is 5.45. The fourth-order valence-corrected chi connectivity index (χ4v) is 1.19. The Bertz CT molecular complexity index is 418. The Labute approximate surface area is 111 Å². The largest absolute Gasteiger partial charge is 0.484 e. The number of carbonyl (C=O) groups is 2. The topological polar surface area (TPSA) is 58.6 Å². The zero-order valence-electron chi connectivity index (χ0n) is 10.3. The Morgan fingerprint density at radius 3 is 2.44 bits per heavy atom. The van der Waals surface area contributed by atoms with Crippen LogP contribution in [0.4, 0.5) is 0 Å². The van der Waals surface area contributed by atoms with Gasteiger partial charge < -0.3 is 15.0 Å². The number of nitrogens with zero attached hydrogens (tertiary/aromatic N) is 1. The molecule has 0 saturated carbocycles. The van der Waals surface area contributed by atoms with Crippen molar-refractivity contribution in [3.63, 3.8) is 0 Å². The molecule has 18 heavy (non-hydrogen) atoms. The fraction of sp³-hybridized carbons (Fsp3) is 0.333. The molecule has 0 aliphatic rings. The van der Waals surface area contributed by atoms with Crippen LogP contribution in [0.3, 0.4) is 0 Å².